The Labute approximate surface area is 258 Å². The molecule has 1 aliphatic rings. The first-order chi connectivity index (χ1) is 19.5. The van der Waals surface area contributed by atoms with Gasteiger partial charge in [-0.05, 0) is 94.5 Å². The number of nitrogens with one attached hydrogen (secondary N) is 1. The van der Waals surface area contributed by atoms with Gasteiger partial charge in [0.1, 0.15) is 6.04 Å². The van der Waals surface area contributed by atoms with E-state index in [1.807, 2.05) is 20.8 Å². The number of carbonyl (C=O) groups is 5. The fourth-order valence-electron chi connectivity index (χ4n) is 3.86. The monoisotopic (exact) mass is 624 g/mol. The van der Waals surface area contributed by atoms with Crippen molar-refractivity contribution in [3.8, 4) is 0 Å². The molecule has 12 heteroatoms. The molecule has 0 saturated carbocycles. The molecule has 11 nitrogen and oxygen atoms in total. The van der Waals surface area contributed by atoms with Crippen LogP contribution >= 0.6 is 11.3 Å². The Balaban J connectivity index is 2.71. The molecule has 2 amide bonds. The molecule has 1 fully saturated rings. The molecule has 2 rings (SSSR count). The zero-order valence-electron chi connectivity index (χ0n) is 27.4. The standard InChI is InChI=1S/C31H48N2O9S/c1-28(2,3)25(36)40-18-16-39-24(22(42-27(38)30(7,8)9)21(18)41-26(37)29(4,5)6)33(17-34)20(19-14-13-15-43-19)23(35)32-31(10,11)12/h13-15,17-18,20-22,24H,16H2,1-12H3,(H,32,35)/t18-,20+,21-,22+,24+/m1/s1. The molecule has 1 aromatic heterocycles. The normalized spacial score (nSPS) is 22.1. The summed E-state index contributed by atoms with van der Waals surface area (Å²) in [5, 5.41) is 4.67. The highest BCUT2D eigenvalue weighted by atomic mass is 32.1. The summed E-state index contributed by atoms with van der Waals surface area (Å²) in [5.74, 6) is -2.41. The summed E-state index contributed by atoms with van der Waals surface area (Å²) in [6.07, 6.45) is -4.94. The summed E-state index contributed by atoms with van der Waals surface area (Å²) in [7, 11) is 0. The average Bonchev–Trinajstić information content (AvgIpc) is 3.35. The molecule has 1 aliphatic heterocycles. The highest BCUT2D eigenvalue weighted by molar-refractivity contribution is 7.10. The summed E-state index contributed by atoms with van der Waals surface area (Å²) in [6.45, 7) is 20.0. The van der Waals surface area contributed by atoms with Crippen molar-refractivity contribution >= 4 is 41.6 Å². The Hall–Kier alpha value is -2.99. The number of esters is 3. The van der Waals surface area contributed by atoms with Crippen molar-refractivity contribution < 1.29 is 42.9 Å². The van der Waals surface area contributed by atoms with E-state index in [0.29, 0.717) is 11.3 Å². The second-order valence-corrected chi connectivity index (χ2v) is 15.8. The summed E-state index contributed by atoms with van der Waals surface area (Å²) < 4.78 is 23.8. The molecule has 0 unspecified atom stereocenters. The molecule has 0 radical (unpaired) electrons. The van der Waals surface area contributed by atoms with Gasteiger partial charge in [0.05, 0.1) is 22.9 Å². The number of hydrogen-bond acceptors (Lipinski definition) is 10. The van der Waals surface area contributed by atoms with Gasteiger partial charge >= 0.3 is 17.9 Å². The van der Waals surface area contributed by atoms with E-state index >= 15 is 0 Å². The van der Waals surface area contributed by atoms with Crippen LogP contribution in [0.25, 0.3) is 0 Å². The van der Waals surface area contributed by atoms with Crippen molar-refractivity contribution in [2.24, 2.45) is 16.2 Å². The van der Waals surface area contributed by atoms with Crippen LogP contribution in [-0.2, 0) is 42.9 Å². The second kappa shape index (κ2) is 13.3. The quantitative estimate of drug-likeness (QED) is 0.254. The molecular weight excluding hydrogens is 576 g/mol. The number of rotatable bonds is 8. The summed E-state index contributed by atoms with van der Waals surface area (Å²) in [6, 6.07) is 2.28. The first kappa shape index (κ1) is 36.2. The van der Waals surface area contributed by atoms with Crippen LogP contribution < -0.4 is 5.32 Å². The van der Waals surface area contributed by atoms with E-state index in [-0.39, 0.29) is 6.61 Å². The second-order valence-electron chi connectivity index (χ2n) is 14.9. The number of hydrogen-bond donors (Lipinski definition) is 1. The summed E-state index contributed by atoms with van der Waals surface area (Å²) >= 11 is 1.26. The molecule has 0 aliphatic carbocycles. The van der Waals surface area contributed by atoms with E-state index < -0.39 is 76.2 Å². The fourth-order valence-corrected chi connectivity index (χ4v) is 4.69. The van der Waals surface area contributed by atoms with Gasteiger partial charge in [0.25, 0.3) is 0 Å². The molecule has 5 atom stereocenters. The van der Waals surface area contributed by atoms with E-state index in [4.69, 9.17) is 18.9 Å². The van der Waals surface area contributed by atoms with Gasteiger partial charge in [0.15, 0.2) is 24.5 Å². The molecule has 1 aromatic rings. The third-order valence-electron chi connectivity index (χ3n) is 6.26. The van der Waals surface area contributed by atoms with E-state index in [9.17, 15) is 24.0 Å². The maximum Gasteiger partial charge on any atom is 0.311 e. The Bertz CT molecular complexity index is 1150. The lowest BCUT2D eigenvalue weighted by Gasteiger charge is -2.46. The summed E-state index contributed by atoms with van der Waals surface area (Å²) in [4.78, 5) is 67.7. The predicted octanol–water partition coefficient (Wildman–Crippen LogP) is 4.39. The summed E-state index contributed by atoms with van der Waals surface area (Å²) in [5.41, 5.74) is -3.51. The van der Waals surface area contributed by atoms with Gasteiger partial charge in [-0.15, -0.1) is 11.3 Å². The van der Waals surface area contributed by atoms with E-state index in [0.717, 1.165) is 4.90 Å². The van der Waals surface area contributed by atoms with Gasteiger partial charge < -0.3 is 24.3 Å². The lowest BCUT2D eigenvalue weighted by molar-refractivity contribution is -0.256. The van der Waals surface area contributed by atoms with Gasteiger partial charge in [-0.2, -0.15) is 0 Å². The topological polar surface area (TPSA) is 138 Å². The number of ether oxygens (including phenoxy) is 4. The van der Waals surface area contributed by atoms with Crippen molar-refractivity contribution in [3.63, 3.8) is 0 Å². The Kier molecular flexibility index (Phi) is 11.2. The smallest absolute Gasteiger partial charge is 0.311 e. The largest absolute Gasteiger partial charge is 0.455 e. The number of thiophene rings is 1. The zero-order valence-corrected chi connectivity index (χ0v) is 28.2. The molecular formula is C31H48N2O9S. The minimum atomic E-state index is -1.46. The molecule has 242 valence electrons. The first-order valence-corrected chi connectivity index (χ1v) is 15.2. The zero-order chi connectivity index (χ0) is 33.1. The van der Waals surface area contributed by atoms with E-state index in [2.05, 4.69) is 5.32 Å². The molecule has 43 heavy (non-hydrogen) atoms. The third-order valence-corrected chi connectivity index (χ3v) is 7.18. The van der Waals surface area contributed by atoms with Crippen LogP contribution in [0.5, 0.6) is 0 Å². The van der Waals surface area contributed by atoms with Crippen molar-refractivity contribution in [2.75, 3.05) is 6.61 Å². The first-order valence-electron chi connectivity index (χ1n) is 14.3. The third kappa shape index (κ3) is 9.76. The van der Waals surface area contributed by atoms with Crippen LogP contribution in [-0.4, -0.2) is 71.8 Å². The predicted molar refractivity (Wildman–Crippen MR) is 161 cm³/mol. The van der Waals surface area contributed by atoms with Crippen LogP contribution in [0, 0.1) is 16.2 Å². The van der Waals surface area contributed by atoms with Crippen LogP contribution in [0.4, 0.5) is 0 Å². The minimum Gasteiger partial charge on any atom is -0.455 e. The SMILES string of the molecule is CC(C)(C)NC(=O)[C@H](c1cccs1)N(C=O)[C@H]1OC[C@@H](OC(=O)C(C)(C)C)[C@@H](OC(=O)C(C)(C)C)[C@@H]1OC(=O)C(C)(C)C. The molecule has 0 aromatic carbocycles. The van der Waals surface area contributed by atoms with Crippen LogP contribution in [0.1, 0.15) is 94.0 Å². The molecule has 1 saturated heterocycles. The van der Waals surface area contributed by atoms with Crippen LogP contribution in [0.3, 0.4) is 0 Å². The molecule has 1 N–H and O–H groups in total. The number of carbonyl (C=O) groups excluding carboxylic acids is 5. The highest BCUT2D eigenvalue weighted by Crippen LogP contribution is 2.35. The van der Waals surface area contributed by atoms with E-state index in [1.54, 1.807) is 79.8 Å². The highest BCUT2D eigenvalue weighted by Gasteiger charge is 2.53. The maximum absolute atomic E-state index is 13.7. The van der Waals surface area contributed by atoms with Gasteiger partial charge in [0, 0.05) is 10.4 Å². The maximum atomic E-state index is 13.7. The van der Waals surface area contributed by atoms with Gasteiger partial charge in [-0.3, -0.25) is 28.9 Å². The van der Waals surface area contributed by atoms with Crippen molar-refractivity contribution in [3.05, 3.63) is 22.4 Å². The Morgan fingerprint density at radius 1 is 0.860 bits per heavy atom. The van der Waals surface area contributed by atoms with E-state index in [1.165, 1.54) is 11.3 Å². The van der Waals surface area contributed by atoms with Gasteiger partial charge in [-0.25, -0.2) is 0 Å². The molecule has 2 heterocycles. The molecule has 0 bridgehead atoms. The lowest BCUT2D eigenvalue weighted by Crippen LogP contribution is -2.64. The lowest BCUT2D eigenvalue weighted by atomic mass is 9.94. The Morgan fingerprint density at radius 3 is 1.77 bits per heavy atom. The number of amides is 2. The molecule has 0 spiro atoms. The van der Waals surface area contributed by atoms with Crippen molar-refractivity contribution in [2.45, 2.75) is 119 Å². The Morgan fingerprint density at radius 2 is 1.35 bits per heavy atom. The number of nitrogens with zero attached hydrogens (tertiary/aromatic N) is 1. The van der Waals surface area contributed by atoms with Crippen molar-refractivity contribution in [1.82, 2.24) is 10.2 Å². The fraction of sp³-hybridized carbons (Fsp3) is 0.710. The van der Waals surface area contributed by atoms with Gasteiger partial charge in [-0.1, -0.05) is 6.07 Å². The van der Waals surface area contributed by atoms with Crippen LogP contribution in [0.2, 0.25) is 0 Å². The van der Waals surface area contributed by atoms with Crippen LogP contribution in [0.15, 0.2) is 17.5 Å². The average molecular weight is 625 g/mol. The van der Waals surface area contributed by atoms with Crippen molar-refractivity contribution in [1.29, 1.82) is 0 Å². The minimum absolute atomic E-state index is 0.305. The van der Waals surface area contributed by atoms with Gasteiger partial charge in [0.2, 0.25) is 12.3 Å².